The van der Waals surface area contributed by atoms with E-state index in [1.165, 1.54) is 0 Å². The molecule has 0 unspecified atom stereocenters. The first-order chi connectivity index (χ1) is 12.9. The van der Waals surface area contributed by atoms with E-state index in [2.05, 4.69) is 9.97 Å². The molecule has 0 radical (unpaired) electrons. The lowest BCUT2D eigenvalue weighted by Crippen LogP contribution is -2.50. The third kappa shape index (κ3) is 3.49. The van der Waals surface area contributed by atoms with Crippen molar-refractivity contribution in [1.29, 1.82) is 0 Å². The van der Waals surface area contributed by atoms with Crippen molar-refractivity contribution in [1.82, 2.24) is 14.9 Å². The van der Waals surface area contributed by atoms with Gasteiger partial charge in [0.15, 0.2) is 0 Å². The van der Waals surface area contributed by atoms with Gasteiger partial charge in [-0.3, -0.25) is 4.79 Å². The lowest BCUT2D eigenvalue weighted by atomic mass is 9.78. The highest BCUT2D eigenvalue weighted by molar-refractivity contribution is 5.86. The number of carbonyl (C=O) groups excluding carboxylic acids is 1. The Balaban J connectivity index is 1.52. The molecule has 1 aromatic heterocycles. The molecule has 1 atom stereocenters. The minimum absolute atomic E-state index is 0.0567. The van der Waals surface area contributed by atoms with Crippen LogP contribution < -0.4 is 4.90 Å². The smallest absolute Gasteiger partial charge is 0.381 e. The lowest BCUT2D eigenvalue weighted by molar-refractivity contribution is -0.141. The molecule has 0 saturated carbocycles. The molecule has 4 rings (SSSR count). The number of amides is 1. The summed E-state index contributed by atoms with van der Waals surface area (Å²) in [5.74, 6) is 0.187. The molecular formula is C18H23F3N4O2. The summed E-state index contributed by atoms with van der Waals surface area (Å²) in [5, 5.41) is 0. The first-order valence-corrected chi connectivity index (χ1v) is 9.43. The normalized spacial score (nSPS) is 27.6. The van der Waals surface area contributed by atoms with Crippen LogP contribution in [0.3, 0.4) is 0 Å². The highest BCUT2D eigenvalue weighted by atomic mass is 19.4. The summed E-state index contributed by atoms with van der Waals surface area (Å²) in [5.41, 5.74) is -1.48. The van der Waals surface area contributed by atoms with Crippen molar-refractivity contribution in [3.05, 3.63) is 18.0 Å². The van der Waals surface area contributed by atoms with Gasteiger partial charge in [0.1, 0.15) is 5.69 Å². The molecule has 0 aliphatic carbocycles. The van der Waals surface area contributed by atoms with E-state index < -0.39 is 17.3 Å². The van der Waals surface area contributed by atoms with Gasteiger partial charge in [0, 0.05) is 45.1 Å². The number of hydrogen-bond acceptors (Lipinski definition) is 5. The van der Waals surface area contributed by atoms with Crippen LogP contribution in [-0.2, 0) is 15.7 Å². The van der Waals surface area contributed by atoms with Gasteiger partial charge in [-0.15, -0.1) is 0 Å². The number of nitrogens with zero attached hydrogens (tertiary/aromatic N) is 4. The number of hydrogen-bond donors (Lipinski definition) is 0. The Morgan fingerprint density at radius 3 is 2.70 bits per heavy atom. The Labute approximate surface area is 155 Å². The molecule has 1 spiro atoms. The summed E-state index contributed by atoms with van der Waals surface area (Å²) in [6, 6.07) is 1.09. The second kappa shape index (κ2) is 6.92. The average Bonchev–Trinajstić information content (AvgIpc) is 2.98. The summed E-state index contributed by atoms with van der Waals surface area (Å²) in [6.45, 7) is 3.00. The Bertz CT molecular complexity index is 708. The molecule has 6 nitrogen and oxygen atoms in total. The van der Waals surface area contributed by atoms with Crippen LogP contribution in [0.15, 0.2) is 12.3 Å². The third-order valence-electron chi connectivity index (χ3n) is 5.97. The summed E-state index contributed by atoms with van der Waals surface area (Å²) >= 11 is 0. The van der Waals surface area contributed by atoms with E-state index in [0.29, 0.717) is 32.8 Å². The van der Waals surface area contributed by atoms with Crippen LogP contribution >= 0.6 is 0 Å². The molecule has 3 aliphatic rings. The predicted octanol–water partition coefficient (Wildman–Crippen LogP) is 2.49. The summed E-state index contributed by atoms with van der Waals surface area (Å²) in [6.07, 6.45) is 0.572. The molecule has 3 fully saturated rings. The zero-order chi connectivity index (χ0) is 19.1. The fourth-order valence-corrected chi connectivity index (χ4v) is 4.53. The molecule has 3 aliphatic heterocycles. The van der Waals surface area contributed by atoms with Crippen LogP contribution in [0.2, 0.25) is 0 Å². The van der Waals surface area contributed by atoms with Crippen molar-refractivity contribution >= 4 is 11.9 Å². The van der Waals surface area contributed by atoms with Gasteiger partial charge in [0.25, 0.3) is 0 Å². The van der Waals surface area contributed by atoms with Gasteiger partial charge >= 0.3 is 6.18 Å². The third-order valence-corrected chi connectivity index (χ3v) is 5.97. The Hall–Kier alpha value is -1.90. The van der Waals surface area contributed by atoms with Crippen LogP contribution in [0.25, 0.3) is 0 Å². The maximum absolute atomic E-state index is 13.2. The molecule has 27 heavy (non-hydrogen) atoms. The number of carbonyl (C=O) groups is 1. The largest absolute Gasteiger partial charge is 0.433 e. The number of aromatic nitrogens is 2. The summed E-state index contributed by atoms with van der Waals surface area (Å²) in [4.78, 5) is 24.7. The van der Waals surface area contributed by atoms with Crippen molar-refractivity contribution < 1.29 is 22.7 Å². The average molecular weight is 384 g/mol. The molecule has 3 saturated heterocycles. The van der Waals surface area contributed by atoms with Gasteiger partial charge in [0.2, 0.25) is 11.9 Å². The molecule has 1 aromatic rings. The van der Waals surface area contributed by atoms with E-state index >= 15 is 0 Å². The second-order valence-corrected chi connectivity index (χ2v) is 7.64. The van der Waals surface area contributed by atoms with Crippen molar-refractivity contribution in [2.75, 3.05) is 37.7 Å². The standard InChI is InChI=1S/C18H23F3N4O2/c19-18(20,21)14-2-7-22-16(23-14)24-8-1-5-17(12-24)6-9-25(15(17)26)13-3-10-27-11-4-13/h2,7,13H,1,3-6,8-12H2/t17-/m1/s1. The topological polar surface area (TPSA) is 58.6 Å². The molecular weight excluding hydrogens is 361 g/mol. The molecule has 1 amide bonds. The number of rotatable bonds is 2. The highest BCUT2D eigenvalue weighted by Crippen LogP contribution is 2.42. The zero-order valence-electron chi connectivity index (χ0n) is 15.0. The molecule has 4 heterocycles. The van der Waals surface area contributed by atoms with Gasteiger partial charge in [-0.1, -0.05) is 0 Å². The quantitative estimate of drug-likeness (QED) is 0.784. The van der Waals surface area contributed by atoms with Gasteiger partial charge in [0.05, 0.1) is 5.41 Å². The number of ether oxygens (including phenoxy) is 1. The Kier molecular flexibility index (Phi) is 4.73. The minimum Gasteiger partial charge on any atom is -0.381 e. The first kappa shape index (κ1) is 18.5. The van der Waals surface area contributed by atoms with Crippen molar-refractivity contribution in [2.24, 2.45) is 5.41 Å². The molecule has 0 bridgehead atoms. The first-order valence-electron chi connectivity index (χ1n) is 9.43. The Morgan fingerprint density at radius 1 is 1.19 bits per heavy atom. The predicted molar refractivity (Wildman–Crippen MR) is 91.1 cm³/mol. The maximum Gasteiger partial charge on any atom is 0.433 e. The van der Waals surface area contributed by atoms with Gasteiger partial charge in [-0.2, -0.15) is 13.2 Å². The Morgan fingerprint density at radius 2 is 1.96 bits per heavy atom. The minimum atomic E-state index is -4.51. The fraction of sp³-hybridized carbons (Fsp3) is 0.722. The SMILES string of the molecule is O=C1N(C2CCOCC2)CC[C@@]12CCCN(c1nccc(C(F)(F)F)n1)C2. The van der Waals surface area contributed by atoms with Gasteiger partial charge in [-0.05, 0) is 38.2 Å². The lowest BCUT2D eigenvalue weighted by Gasteiger charge is -2.40. The van der Waals surface area contributed by atoms with Crippen LogP contribution in [0, 0.1) is 5.41 Å². The van der Waals surface area contributed by atoms with Gasteiger partial charge in [-0.25, -0.2) is 9.97 Å². The van der Waals surface area contributed by atoms with E-state index in [-0.39, 0.29) is 17.9 Å². The van der Waals surface area contributed by atoms with Crippen molar-refractivity contribution in [3.8, 4) is 0 Å². The van der Waals surface area contributed by atoms with Crippen molar-refractivity contribution in [2.45, 2.75) is 44.3 Å². The monoisotopic (exact) mass is 384 g/mol. The molecule has 9 heteroatoms. The van der Waals surface area contributed by atoms with E-state index in [9.17, 15) is 18.0 Å². The van der Waals surface area contributed by atoms with Crippen LogP contribution in [0.4, 0.5) is 19.1 Å². The summed E-state index contributed by atoms with van der Waals surface area (Å²) in [7, 11) is 0. The van der Waals surface area contributed by atoms with E-state index in [1.54, 1.807) is 4.90 Å². The van der Waals surface area contributed by atoms with E-state index in [1.807, 2.05) is 4.90 Å². The number of halogens is 3. The van der Waals surface area contributed by atoms with E-state index in [4.69, 9.17) is 4.74 Å². The molecule has 0 aromatic carbocycles. The van der Waals surface area contributed by atoms with E-state index in [0.717, 1.165) is 44.4 Å². The molecule has 148 valence electrons. The van der Waals surface area contributed by atoms with Gasteiger partial charge < -0.3 is 14.5 Å². The molecule has 0 N–H and O–H groups in total. The summed E-state index contributed by atoms with van der Waals surface area (Å²) < 4.78 is 44.3. The van der Waals surface area contributed by atoms with Crippen LogP contribution in [0.5, 0.6) is 0 Å². The fourth-order valence-electron chi connectivity index (χ4n) is 4.53. The number of anilines is 1. The highest BCUT2D eigenvalue weighted by Gasteiger charge is 2.51. The van der Waals surface area contributed by atoms with Crippen LogP contribution in [0.1, 0.15) is 37.8 Å². The zero-order valence-corrected chi connectivity index (χ0v) is 15.0. The van der Waals surface area contributed by atoms with Crippen LogP contribution in [-0.4, -0.2) is 59.7 Å². The maximum atomic E-state index is 13.2. The number of alkyl halides is 3. The second-order valence-electron chi connectivity index (χ2n) is 7.64. The number of piperidine rings is 1. The van der Waals surface area contributed by atoms with Crippen molar-refractivity contribution in [3.63, 3.8) is 0 Å². The number of likely N-dealkylation sites (tertiary alicyclic amines) is 1.